The standard InChI is InChI=1S/C20H16FN2OSe/c1-13-12-15(10-11-16(13)14-6-2-3-7-14)22-20(25)23-19(24)17-8-4-5-9-18(17)21/h2-12,14H,1H3,(H,22,23,24). The van der Waals surface area contributed by atoms with Crippen LogP contribution in [0.1, 0.15) is 27.4 Å². The molecule has 3 nitrogen and oxygen atoms in total. The summed E-state index contributed by atoms with van der Waals surface area (Å²) < 4.78 is 13.9. The number of hydrogen-bond donors (Lipinski definition) is 1. The van der Waals surface area contributed by atoms with Gasteiger partial charge in [-0.3, -0.25) is 0 Å². The molecule has 0 bridgehead atoms. The van der Waals surface area contributed by atoms with Crippen LogP contribution in [0.4, 0.5) is 10.1 Å². The van der Waals surface area contributed by atoms with Crippen LogP contribution in [0.3, 0.4) is 0 Å². The van der Waals surface area contributed by atoms with Gasteiger partial charge in [0.25, 0.3) is 0 Å². The Morgan fingerprint density at radius 1 is 1.16 bits per heavy atom. The predicted molar refractivity (Wildman–Crippen MR) is 98.9 cm³/mol. The molecule has 1 radical (unpaired) electrons. The van der Waals surface area contributed by atoms with E-state index in [9.17, 15) is 9.18 Å². The molecule has 0 saturated heterocycles. The van der Waals surface area contributed by atoms with Gasteiger partial charge in [0.15, 0.2) is 0 Å². The Kier molecular flexibility index (Phi) is 5.27. The Morgan fingerprint density at radius 2 is 1.88 bits per heavy atom. The van der Waals surface area contributed by atoms with E-state index in [1.54, 1.807) is 6.07 Å². The summed E-state index contributed by atoms with van der Waals surface area (Å²) in [5.74, 6) is -0.803. The van der Waals surface area contributed by atoms with Crippen molar-refractivity contribution in [3.63, 3.8) is 0 Å². The number of carbonyl (C=O) groups is 1. The van der Waals surface area contributed by atoms with Gasteiger partial charge < -0.3 is 0 Å². The quantitative estimate of drug-likeness (QED) is 0.475. The summed E-state index contributed by atoms with van der Waals surface area (Å²) in [6.07, 6.45) is 8.35. The van der Waals surface area contributed by atoms with Crippen LogP contribution in [0.5, 0.6) is 0 Å². The first-order chi connectivity index (χ1) is 12.0. The first-order valence-corrected chi connectivity index (χ1v) is 8.67. The maximum atomic E-state index is 13.6. The average Bonchev–Trinajstić information content (AvgIpc) is 3.09. The Morgan fingerprint density at radius 3 is 2.56 bits per heavy atom. The number of rotatable bonds is 3. The molecule has 125 valence electrons. The molecule has 1 aliphatic carbocycles. The molecule has 1 amide bonds. The Hall–Kier alpha value is -2.49. The summed E-state index contributed by atoms with van der Waals surface area (Å²) in [5.41, 5.74) is 3.04. The topological polar surface area (TPSA) is 41.5 Å². The van der Waals surface area contributed by atoms with Crippen LogP contribution in [0, 0.1) is 12.7 Å². The van der Waals surface area contributed by atoms with Gasteiger partial charge in [-0.2, -0.15) is 0 Å². The molecule has 2 aromatic carbocycles. The molecule has 1 N–H and O–H groups in total. The molecule has 0 saturated carbocycles. The van der Waals surface area contributed by atoms with Crippen LogP contribution in [-0.2, 0) is 0 Å². The van der Waals surface area contributed by atoms with Gasteiger partial charge in [-0.1, -0.05) is 0 Å². The molecule has 0 unspecified atom stereocenters. The maximum absolute atomic E-state index is 13.6. The van der Waals surface area contributed by atoms with E-state index in [2.05, 4.69) is 38.5 Å². The van der Waals surface area contributed by atoms with Crippen molar-refractivity contribution in [2.45, 2.75) is 12.8 Å². The number of benzene rings is 2. The van der Waals surface area contributed by atoms with E-state index in [-0.39, 0.29) is 5.56 Å². The number of halogens is 1. The fourth-order valence-electron chi connectivity index (χ4n) is 2.70. The van der Waals surface area contributed by atoms with Gasteiger partial charge in [0.2, 0.25) is 0 Å². The van der Waals surface area contributed by atoms with Gasteiger partial charge in [0.1, 0.15) is 0 Å². The monoisotopic (exact) mass is 399 g/mol. The molecule has 3 rings (SSSR count). The van der Waals surface area contributed by atoms with Crippen LogP contribution >= 0.6 is 0 Å². The summed E-state index contributed by atoms with van der Waals surface area (Å²) in [5, 5.41) is 2.57. The second kappa shape index (κ2) is 7.60. The minimum absolute atomic E-state index is 0.0169. The zero-order valence-corrected chi connectivity index (χ0v) is 15.3. The molecule has 0 aliphatic heterocycles. The predicted octanol–water partition coefficient (Wildman–Crippen LogP) is 3.93. The molecule has 5 heteroatoms. The van der Waals surface area contributed by atoms with E-state index in [1.165, 1.54) is 23.8 Å². The number of aryl methyl sites for hydroxylation is 1. The molecule has 0 atom stereocenters. The van der Waals surface area contributed by atoms with Crippen molar-refractivity contribution in [1.29, 1.82) is 0 Å². The van der Waals surface area contributed by atoms with Crippen LogP contribution < -0.4 is 5.32 Å². The van der Waals surface area contributed by atoms with Crippen LogP contribution in [0.2, 0.25) is 0 Å². The molecule has 25 heavy (non-hydrogen) atoms. The minimum atomic E-state index is -0.564. The van der Waals surface area contributed by atoms with Gasteiger partial charge in [0.05, 0.1) is 0 Å². The molecule has 2 aromatic rings. The number of allylic oxidation sites excluding steroid dienone is 4. The van der Waals surface area contributed by atoms with Crippen LogP contribution in [-0.4, -0.2) is 26.7 Å². The van der Waals surface area contributed by atoms with Gasteiger partial charge in [-0.25, -0.2) is 0 Å². The molecular weight excluding hydrogens is 382 g/mol. The third kappa shape index (κ3) is 4.13. The molecule has 0 aromatic heterocycles. The summed E-state index contributed by atoms with van der Waals surface area (Å²) in [6, 6.07) is 11.7. The zero-order chi connectivity index (χ0) is 17.8. The number of nitrogens with one attached hydrogen (secondary N) is 1. The van der Waals surface area contributed by atoms with Crippen molar-refractivity contribution in [3.05, 3.63) is 89.3 Å². The van der Waals surface area contributed by atoms with E-state index < -0.39 is 11.7 Å². The molecule has 0 heterocycles. The Balaban J connectivity index is 1.75. The first-order valence-electron chi connectivity index (χ1n) is 7.82. The van der Waals surface area contributed by atoms with Crippen LogP contribution in [0.15, 0.2) is 71.8 Å². The second-order valence-electron chi connectivity index (χ2n) is 5.69. The SMILES string of the molecule is Cc1cc(N=C([Se])NC(=O)c2ccccc2F)ccc1C1C=CC=C1. The van der Waals surface area contributed by atoms with Gasteiger partial charge in [0, 0.05) is 0 Å². The molecule has 0 fully saturated rings. The second-order valence-corrected chi connectivity index (χ2v) is 6.50. The number of amidine groups is 1. The summed E-state index contributed by atoms with van der Waals surface area (Å²) in [4.78, 5) is 16.4. The van der Waals surface area contributed by atoms with Crippen LogP contribution in [0.25, 0.3) is 0 Å². The number of nitrogens with zero attached hydrogens (tertiary/aromatic N) is 1. The third-order valence-electron chi connectivity index (χ3n) is 3.93. The van der Waals surface area contributed by atoms with Gasteiger partial charge >= 0.3 is 154 Å². The van der Waals surface area contributed by atoms with Crippen molar-refractivity contribution in [1.82, 2.24) is 5.32 Å². The van der Waals surface area contributed by atoms with Crippen molar-refractivity contribution in [2.75, 3.05) is 0 Å². The summed E-state index contributed by atoms with van der Waals surface area (Å²) in [7, 11) is 0. The Bertz CT molecular complexity index is 890. The number of amides is 1. The van der Waals surface area contributed by atoms with E-state index in [0.717, 1.165) is 11.3 Å². The first kappa shape index (κ1) is 17.3. The zero-order valence-electron chi connectivity index (χ0n) is 13.6. The summed E-state index contributed by atoms with van der Waals surface area (Å²) in [6.45, 7) is 2.03. The van der Waals surface area contributed by atoms with Crippen molar-refractivity contribution in [3.8, 4) is 0 Å². The van der Waals surface area contributed by atoms with E-state index in [0.29, 0.717) is 10.7 Å². The number of hydrogen-bond acceptors (Lipinski definition) is 2. The van der Waals surface area contributed by atoms with Crippen molar-refractivity contribution < 1.29 is 9.18 Å². The fourth-order valence-corrected chi connectivity index (χ4v) is 3.11. The number of aliphatic imine (C=N–C) groups is 1. The average molecular weight is 398 g/mol. The Labute approximate surface area is 154 Å². The third-order valence-corrected chi connectivity index (χ3v) is 4.34. The molecule has 0 spiro atoms. The van der Waals surface area contributed by atoms with E-state index in [4.69, 9.17) is 0 Å². The fraction of sp³-hybridized carbons (Fsp3) is 0.100. The van der Waals surface area contributed by atoms with Gasteiger partial charge in [-0.15, -0.1) is 0 Å². The summed E-state index contributed by atoms with van der Waals surface area (Å²) >= 11 is 2.71. The number of carbonyl (C=O) groups excluding carboxylic acids is 1. The van der Waals surface area contributed by atoms with Crippen molar-refractivity contribution in [2.24, 2.45) is 4.99 Å². The molecule has 1 aliphatic rings. The van der Waals surface area contributed by atoms with Gasteiger partial charge in [-0.05, 0) is 0 Å². The van der Waals surface area contributed by atoms with E-state index in [1.807, 2.05) is 37.3 Å². The van der Waals surface area contributed by atoms with E-state index >= 15 is 0 Å². The normalized spacial score (nSPS) is 14.1. The molecular formula is C20H16FN2OSe. The van der Waals surface area contributed by atoms with Crippen molar-refractivity contribution >= 4 is 32.3 Å².